The van der Waals surface area contributed by atoms with E-state index in [1.165, 1.54) is 0 Å². The van der Waals surface area contributed by atoms with Crippen LogP contribution in [-0.4, -0.2) is 10.5 Å². The van der Waals surface area contributed by atoms with Crippen LogP contribution in [0.2, 0.25) is 5.02 Å². The van der Waals surface area contributed by atoms with Crippen LogP contribution in [0.1, 0.15) is 15.9 Å². The van der Waals surface area contributed by atoms with E-state index in [0.717, 1.165) is 11.1 Å². The third-order valence-electron chi connectivity index (χ3n) is 3.69. The summed E-state index contributed by atoms with van der Waals surface area (Å²) in [5.74, 6) is -0.392. The lowest BCUT2D eigenvalue weighted by Crippen LogP contribution is -2.29. The maximum Gasteiger partial charge on any atom is 0.257 e. The molecule has 3 aromatic rings. The second kappa shape index (κ2) is 6.26. The van der Waals surface area contributed by atoms with E-state index >= 15 is 0 Å². The molecule has 1 heterocycles. The predicted octanol–water partition coefficient (Wildman–Crippen LogP) is 3.12. The van der Waals surface area contributed by atoms with Gasteiger partial charge in [0.15, 0.2) is 0 Å². The molecule has 0 bridgehead atoms. The highest BCUT2D eigenvalue weighted by atomic mass is 35.5. The first-order valence-corrected chi connectivity index (χ1v) is 7.55. The van der Waals surface area contributed by atoms with Crippen LogP contribution in [-0.2, 0) is 13.6 Å². The van der Waals surface area contributed by atoms with Gasteiger partial charge in [0.05, 0.1) is 5.52 Å². The normalized spacial score (nSPS) is 10.7. The number of halogens is 1. The number of carbonyl (C=O) groups excluding carboxylic acids is 1. The number of carbonyl (C=O) groups is 1. The standard InChI is InChI=1S/C18H15ClN2O2/c1-21-11-15(17(22)14-9-13(19)7-8-16(14)21)18(23)20-10-12-5-3-2-4-6-12/h2-9,11H,10H2,1H3,(H,20,23). The Bertz CT molecular complexity index is 933. The van der Waals surface area contributed by atoms with E-state index in [9.17, 15) is 9.59 Å². The summed E-state index contributed by atoms with van der Waals surface area (Å²) in [5, 5.41) is 3.68. The zero-order chi connectivity index (χ0) is 16.4. The average Bonchev–Trinajstić information content (AvgIpc) is 2.56. The Hall–Kier alpha value is -2.59. The Balaban J connectivity index is 1.94. The number of benzene rings is 2. The number of aryl methyl sites for hydroxylation is 1. The quantitative estimate of drug-likeness (QED) is 0.804. The molecule has 116 valence electrons. The summed E-state index contributed by atoms with van der Waals surface area (Å²) < 4.78 is 1.75. The second-order valence-electron chi connectivity index (χ2n) is 5.31. The van der Waals surface area contributed by atoms with Crippen LogP contribution in [0.25, 0.3) is 10.9 Å². The van der Waals surface area contributed by atoms with Gasteiger partial charge in [-0.2, -0.15) is 0 Å². The lowest BCUT2D eigenvalue weighted by Gasteiger charge is -2.10. The van der Waals surface area contributed by atoms with Crippen LogP contribution < -0.4 is 10.7 Å². The fourth-order valence-corrected chi connectivity index (χ4v) is 2.67. The molecule has 4 nitrogen and oxygen atoms in total. The van der Waals surface area contributed by atoms with Crippen LogP contribution in [0.5, 0.6) is 0 Å². The van der Waals surface area contributed by atoms with Gasteiger partial charge in [-0.15, -0.1) is 0 Å². The van der Waals surface area contributed by atoms with E-state index in [1.807, 2.05) is 30.3 Å². The van der Waals surface area contributed by atoms with Crippen molar-refractivity contribution in [1.29, 1.82) is 0 Å². The minimum absolute atomic E-state index is 0.109. The van der Waals surface area contributed by atoms with Gasteiger partial charge in [0, 0.05) is 30.2 Å². The molecule has 23 heavy (non-hydrogen) atoms. The molecule has 0 atom stereocenters. The van der Waals surface area contributed by atoms with Crippen molar-refractivity contribution in [2.45, 2.75) is 6.54 Å². The molecule has 0 spiro atoms. The summed E-state index contributed by atoms with van der Waals surface area (Å²) in [5.41, 5.74) is 1.50. The number of nitrogens with one attached hydrogen (secondary N) is 1. The lowest BCUT2D eigenvalue weighted by molar-refractivity contribution is 0.0949. The van der Waals surface area contributed by atoms with E-state index in [4.69, 9.17) is 11.6 Å². The van der Waals surface area contributed by atoms with Crippen molar-refractivity contribution in [3.63, 3.8) is 0 Å². The maximum absolute atomic E-state index is 12.6. The molecule has 5 heteroatoms. The van der Waals surface area contributed by atoms with Gasteiger partial charge in [-0.1, -0.05) is 41.9 Å². The van der Waals surface area contributed by atoms with Crippen molar-refractivity contribution in [2.75, 3.05) is 0 Å². The zero-order valence-corrected chi connectivity index (χ0v) is 13.3. The van der Waals surface area contributed by atoms with Crippen molar-refractivity contribution in [1.82, 2.24) is 9.88 Å². The molecule has 3 rings (SSSR count). The average molecular weight is 327 g/mol. The van der Waals surface area contributed by atoms with E-state index in [2.05, 4.69) is 5.32 Å². The van der Waals surface area contributed by atoms with Gasteiger partial charge in [-0.25, -0.2) is 0 Å². The van der Waals surface area contributed by atoms with Crippen molar-refractivity contribution < 1.29 is 4.79 Å². The van der Waals surface area contributed by atoms with Crippen LogP contribution in [0.15, 0.2) is 59.5 Å². The van der Waals surface area contributed by atoms with Gasteiger partial charge in [-0.05, 0) is 23.8 Å². The number of hydrogen-bond donors (Lipinski definition) is 1. The van der Waals surface area contributed by atoms with Crippen LogP contribution in [0.4, 0.5) is 0 Å². The summed E-state index contributed by atoms with van der Waals surface area (Å²) in [6.07, 6.45) is 1.55. The van der Waals surface area contributed by atoms with E-state index in [1.54, 1.807) is 36.0 Å². The Labute approximate surface area is 138 Å². The van der Waals surface area contributed by atoms with Crippen LogP contribution in [0, 0.1) is 0 Å². The van der Waals surface area contributed by atoms with Gasteiger partial charge < -0.3 is 9.88 Å². The molecule has 1 amide bonds. The molecule has 0 aliphatic heterocycles. The maximum atomic E-state index is 12.6. The van der Waals surface area contributed by atoms with Crippen molar-refractivity contribution in [3.05, 3.63) is 81.1 Å². The summed E-state index contributed by atoms with van der Waals surface area (Å²) in [6.45, 7) is 0.371. The molecular weight excluding hydrogens is 312 g/mol. The lowest BCUT2D eigenvalue weighted by atomic mass is 10.1. The number of nitrogens with zero attached hydrogens (tertiary/aromatic N) is 1. The Morgan fingerprint density at radius 2 is 1.91 bits per heavy atom. The SMILES string of the molecule is Cn1cc(C(=O)NCc2ccccc2)c(=O)c2cc(Cl)ccc21. The largest absolute Gasteiger partial charge is 0.350 e. The minimum atomic E-state index is -0.392. The summed E-state index contributed by atoms with van der Waals surface area (Å²) in [6, 6.07) is 14.6. The van der Waals surface area contributed by atoms with Gasteiger partial charge in [0.25, 0.3) is 5.91 Å². The highest BCUT2D eigenvalue weighted by molar-refractivity contribution is 6.31. The predicted molar refractivity (Wildman–Crippen MR) is 91.8 cm³/mol. The Morgan fingerprint density at radius 3 is 2.65 bits per heavy atom. The highest BCUT2D eigenvalue weighted by Gasteiger charge is 2.14. The van der Waals surface area contributed by atoms with Gasteiger partial charge >= 0.3 is 0 Å². The Morgan fingerprint density at radius 1 is 1.17 bits per heavy atom. The third kappa shape index (κ3) is 3.12. The van der Waals surface area contributed by atoms with Crippen LogP contribution >= 0.6 is 11.6 Å². The van der Waals surface area contributed by atoms with E-state index in [-0.39, 0.29) is 11.0 Å². The van der Waals surface area contributed by atoms with Gasteiger partial charge in [0.2, 0.25) is 5.43 Å². The zero-order valence-electron chi connectivity index (χ0n) is 12.5. The summed E-state index contributed by atoms with van der Waals surface area (Å²) in [4.78, 5) is 24.9. The smallest absolute Gasteiger partial charge is 0.257 e. The second-order valence-corrected chi connectivity index (χ2v) is 5.75. The molecular formula is C18H15ClN2O2. The van der Waals surface area contributed by atoms with E-state index < -0.39 is 5.91 Å². The summed E-state index contributed by atoms with van der Waals surface area (Å²) in [7, 11) is 1.80. The number of fused-ring (bicyclic) bond motifs is 1. The monoisotopic (exact) mass is 326 g/mol. The molecule has 0 unspecified atom stereocenters. The molecule has 2 aromatic carbocycles. The van der Waals surface area contributed by atoms with E-state index in [0.29, 0.717) is 17.0 Å². The third-order valence-corrected chi connectivity index (χ3v) is 3.93. The molecule has 1 N–H and O–H groups in total. The van der Waals surface area contributed by atoms with Gasteiger partial charge in [-0.3, -0.25) is 9.59 Å². The molecule has 0 saturated heterocycles. The first-order valence-electron chi connectivity index (χ1n) is 7.17. The van der Waals surface area contributed by atoms with Gasteiger partial charge in [0.1, 0.15) is 5.56 Å². The van der Waals surface area contributed by atoms with Crippen LogP contribution in [0.3, 0.4) is 0 Å². The molecule has 1 aromatic heterocycles. The summed E-state index contributed by atoms with van der Waals surface area (Å²) >= 11 is 5.97. The molecule has 0 saturated carbocycles. The first kappa shape index (κ1) is 15.3. The van der Waals surface area contributed by atoms with Crippen molar-refractivity contribution >= 4 is 28.4 Å². The topological polar surface area (TPSA) is 51.1 Å². The molecule has 0 aliphatic rings. The highest BCUT2D eigenvalue weighted by Crippen LogP contribution is 2.16. The van der Waals surface area contributed by atoms with Crippen molar-refractivity contribution in [3.8, 4) is 0 Å². The first-order chi connectivity index (χ1) is 11.1. The minimum Gasteiger partial charge on any atom is -0.350 e. The van der Waals surface area contributed by atoms with Crippen molar-refractivity contribution in [2.24, 2.45) is 7.05 Å². The number of amides is 1. The molecule has 0 fully saturated rings. The number of hydrogen-bond acceptors (Lipinski definition) is 2. The Kier molecular flexibility index (Phi) is 4.17. The fourth-order valence-electron chi connectivity index (χ4n) is 2.50. The molecule has 0 aliphatic carbocycles. The number of aromatic nitrogens is 1. The number of pyridine rings is 1. The molecule has 0 radical (unpaired) electrons. The number of rotatable bonds is 3. The fraction of sp³-hybridized carbons (Fsp3) is 0.111.